The van der Waals surface area contributed by atoms with Crippen molar-refractivity contribution < 1.29 is 4.74 Å². The molecule has 0 saturated carbocycles. The number of ether oxygens (including phenoxy) is 1. The van der Waals surface area contributed by atoms with E-state index in [0.717, 1.165) is 5.82 Å². The lowest BCUT2D eigenvalue weighted by Gasteiger charge is -2.05. The van der Waals surface area contributed by atoms with Gasteiger partial charge in [0.2, 0.25) is 5.13 Å². The van der Waals surface area contributed by atoms with Crippen LogP contribution in [0.1, 0.15) is 25.3 Å². The number of rotatable bonds is 5. The molecule has 6 nitrogen and oxygen atoms in total. The summed E-state index contributed by atoms with van der Waals surface area (Å²) in [4.78, 5) is 13.1. The van der Waals surface area contributed by atoms with Gasteiger partial charge in [-0.15, -0.1) is 0 Å². The zero-order valence-corrected chi connectivity index (χ0v) is 14.0. The Morgan fingerprint density at radius 2 is 1.96 bits per heavy atom. The van der Waals surface area contributed by atoms with Crippen LogP contribution in [0.5, 0.6) is 5.75 Å². The predicted octanol–water partition coefficient (Wildman–Crippen LogP) is 3.87. The molecule has 0 saturated heterocycles. The van der Waals surface area contributed by atoms with Gasteiger partial charge in [-0.2, -0.15) is 9.36 Å². The van der Waals surface area contributed by atoms with Crippen LogP contribution in [0.4, 0.5) is 10.9 Å². The van der Waals surface area contributed by atoms with Crippen LogP contribution in [0.15, 0.2) is 36.7 Å². The molecule has 0 amide bonds. The van der Waals surface area contributed by atoms with Crippen LogP contribution in [-0.4, -0.2) is 26.4 Å². The molecule has 7 heteroatoms. The van der Waals surface area contributed by atoms with Crippen molar-refractivity contribution in [2.45, 2.75) is 19.8 Å². The SMILES string of the molecule is COc1ccc(-c2nsc(Nc3ccc(C(C)C)cn3)n2)nc1. The van der Waals surface area contributed by atoms with Crippen LogP contribution in [0.2, 0.25) is 0 Å². The zero-order valence-electron chi connectivity index (χ0n) is 13.1. The topological polar surface area (TPSA) is 72.8 Å². The van der Waals surface area contributed by atoms with Crippen LogP contribution in [0.25, 0.3) is 11.5 Å². The van der Waals surface area contributed by atoms with Crippen LogP contribution in [0.3, 0.4) is 0 Å². The van der Waals surface area contributed by atoms with Gasteiger partial charge in [0.05, 0.1) is 13.3 Å². The van der Waals surface area contributed by atoms with Crippen molar-refractivity contribution in [3.8, 4) is 17.3 Å². The first-order valence-electron chi connectivity index (χ1n) is 7.23. The Bertz CT molecular complexity index is 768. The van der Waals surface area contributed by atoms with Gasteiger partial charge in [-0.05, 0) is 29.7 Å². The molecule has 0 unspecified atom stereocenters. The fourth-order valence-electron chi connectivity index (χ4n) is 1.94. The maximum Gasteiger partial charge on any atom is 0.208 e. The summed E-state index contributed by atoms with van der Waals surface area (Å²) < 4.78 is 9.42. The number of hydrogen-bond donors (Lipinski definition) is 1. The molecular formula is C16H17N5OS. The van der Waals surface area contributed by atoms with Crippen LogP contribution >= 0.6 is 11.5 Å². The number of anilines is 2. The summed E-state index contributed by atoms with van der Waals surface area (Å²) in [6.45, 7) is 4.28. The fraction of sp³-hybridized carbons (Fsp3) is 0.250. The van der Waals surface area contributed by atoms with Crippen molar-refractivity contribution in [2.75, 3.05) is 12.4 Å². The van der Waals surface area contributed by atoms with Gasteiger partial charge in [0.15, 0.2) is 5.82 Å². The molecule has 0 spiro atoms. The van der Waals surface area contributed by atoms with Gasteiger partial charge in [0.1, 0.15) is 17.3 Å². The largest absolute Gasteiger partial charge is 0.495 e. The lowest BCUT2D eigenvalue weighted by Crippen LogP contribution is -1.95. The minimum Gasteiger partial charge on any atom is -0.495 e. The predicted molar refractivity (Wildman–Crippen MR) is 91.3 cm³/mol. The van der Waals surface area contributed by atoms with Crippen molar-refractivity contribution in [3.05, 3.63) is 42.2 Å². The van der Waals surface area contributed by atoms with E-state index < -0.39 is 0 Å². The summed E-state index contributed by atoms with van der Waals surface area (Å²) in [5.74, 6) is 2.50. The second-order valence-electron chi connectivity index (χ2n) is 5.26. The van der Waals surface area contributed by atoms with E-state index in [4.69, 9.17) is 4.74 Å². The van der Waals surface area contributed by atoms with Crippen molar-refractivity contribution in [1.29, 1.82) is 0 Å². The van der Waals surface area contributed by atoms with Gasteiger partial charge in [-0.3, -0.25) is 0 Å². The molecule has 0 atom stereocenters. The van der Waals surface area contributed by atoms with E-state index in [1.165, 1.54) is 17.1 Å². The second-order valence-corrected chi connectivity index (χ2v) is 6.01. The average Bonchev–Trinajstić information content (AvgIpc) is 3.04. The third kappa shape index (κ3) is 3.62. The first-order chi connectivity index (χ1) is 11.2. The molecule has 0 bridgehead atoms. The van der Waals surface area contributed by atoms with E-state index in [0.29, 0.717) is 28.3 Å². The van der Waals surface area contributed by atoms with E-state index >= 15 is 0 Å². The molecule has 0 fully saturated rings. The van der Waals surface area contributed by atoms with E-state index in [-0.39, 0.29) is 0 Å². The Labute approximate surface area is 138 Å². The van der Waals surface area contributed by atoms with Crippen molar-refractivity contribution >= 4 is 22.5 Å². The minimum atomic E-state index is 0.464. The lowest BCUT2D eigenvalue weighted by atomic mass is 10.1. The summed E-state index contributed by atoms with van der Waals surface area (Å²) in [5.41, 5.74) is 1.91. The molecule has 1 N–H and O–H groups in total. The molecule has 3 heterocycles. The van der Waals surface area contributed by atoms with E-state index in [2.05, 4.69) is 44.6 Å². The number of aromatic nitrogens is 4. The highest BCUT2D eigenvalue weighted by Gasteiger charge is 2.09. The third-order valence-corrected chi connectivity index (χ3v) is 3.95. The summed E-state index contributed by atoms with van der Waals surface area (Å²) >= 11 is 1.28. The highest BCUT2D eigenvalue weighted by atomic mass is 32.1. The van der Waals surface area contributed by atoms with Gasteiger partial charge in [0.25, 0.3) is 0 Å². The van der Waals surface area contributed by atoms with Crippen LogP contribution < -0.4 is 10.1 Å². The van der Waals surface area contributed by atoms with E-state index in [1.807, 2.05) is 24.4 Å². The molecule has 3 aromatic rings. The maximum atomic E-state index is 5.09. The standard InChI is InChI=1S/C16H17N5OS/c1-10(2)11-4-7-14(18-8-11)19-16-20-15(21-23-16)13-6-5-12(22-3)9-17-13/h4-10H,1-3H3,(H,18,19,20,21). The quantitative estimate of drug-likeness (QED) is 0.767. The lowest BCUT2D eigenvalue weighted by molar-refractivity contribution is 0.413. The van der Waals surface area contributed by atoms with Gasteiger partial charge in [-0.25, -0.2) is 9.97 Å². The smallest absolute Gasteiger partial charge is 0.208 e. The molecule has 0 aliphatic rings. The molecule has 0 aromatic carbocycles. The number of pyridine rings is 2. The summed E-state index contributed by atoms with van der Waals surface area (Å²) in [6.07, 6.45) is 3.52. The van der Waals surface area contributed by atoms with Gasteiger partial charge >= 0.3 is 0 Å². The van der Waals surface area contributed by atoms with Gasteiger partial charge < -0.3 is 10.1 Å². The molecule has 0 aliphatic heterocycles. The van der Waals surface area contributed by atoms with Crippen molar-refractivity contribution in [1.82, 2.24) is 19.3 Å². The molecule has 0 aliphatic carbocycles. The van der Waals surface area contributed by atoms with Crippen molar-refractivity contribution in [2.24, 2.45) is 0 Å². The molecule has 3 rings (SSSR count). The van der Waals surface area contributed by atoms with Gasteiger partial charge in [0, 0.05) is 17.7 Å². The molecule has 3 aromatic heterocycles. The highest BCUT2D eigenvalue weighted by Crippen LogP contribution is 2.23. The Kier molecular flexibility index (Phi) is 4.47. The minimum absolute atomic E-state index is 0.464. The Morgan fingerprint density at radius 3 is 2.57 bits per heavy atom. The van der Waals surface area contributed by atoms with Gasteiger partial charge in [-0.1, -0.05) is 19.9 Å². The molecule has 23 heavy (non-hydrogen) atoms. The number of methoxy groups -OCH3 is 1. The molecular weight excluding hydrogens is 310 g/mol. The average molecular weight is 327 g/mol. The highest BCUT2D eigenvalue weighted by molar-refractivity contribution is 7.09. The van der Waals surface area contributed by atoms with E-state index in [1.54, 1.807) is 13.3 Å². The number of hydrogen-bond acceptors (Lipinski definition) is 7. The van der Waals surface area contributed by atoms with Crippen molar-refractivity contribution in [3.63, 3.8) is 0 Å². The van der Waals surface area contributed by atoms with E-state index in [9.17, 15) is 0 Å². The summed E-state index contributed by atoms with van der Waals surface area (Å²) in [5, 5.41) is 3.85. The normalized spacial score (nSPS) is 10.8. The Balaban J connectivity index is 1.73. The maximum absolute atomic E-state index is 5.09. The molecule has 118 valence electrons. The first-order valence-corrected chi connectivity index (χ1v) is 8.00. The summed E-state index contributed by atoms with van der Waals surface area (Å²) in [7, 11) is 1.61. The fourth-order valence-corrected chi connectivity index (χ4v) is 2.53. The Morgan fingerprint density at radius 1 is 1.09 bits per heavy atom. The zero-order chi connectivity index (χ0) is 16.2. The third-order valence-electron chi connectivity index (χ3n) is 3.32. The number of nitrogens with zero attached hydrogens (tertiary/aromatic N) is 4. The first kappa shape index (κ1) is 15.4. The van der Waals surface area contributed by atoms with Crippen LogP contribution in [-0.2, 0) is 0 Å². The number of nitrogens with one attached hydrogen (secondary N) is 1. The Hall–Kier alpha value is -2.54. The second kappa shape index (κ2) is 6.70. The molecule has 0 radical (unpaired) electrons. The monoisotopic (exact) mass is 327 g/mol. The van der Waals surface area contributed by atoms with Crippen LogP contribution in [0, 0.1) is 0 Å². The summed E-state index contributed by atoms with van der Waals surface area (Å²) in [6, 6.07) is 7.68.